The van der Waals surface area contributed by atoms with Crippen LogP contribution in [0.2, 0.25) is 0 Å². The lowest BCUT2D eigenvalue weighted by Gasteiger charge is -2.05. The highest BCUT2D eigenvalue weighted by atomic mass is 31.2. The summed E-state index contributed by atoms with van der Waals surface area (Å²) in [6.07, 6.45) is 2.80. The molecule has 0 aromatic heterocycles. The molecule has 0 aromatic rings. The molecule has 0 heterocycles. The van der Waals surface area contributed by atoms with Crippen molar-refractivity contribution in [1.82, 2.24) is 0 Å². The largest absolute Gasteiger partial charge is 0.344 e. The molecule has 0 radical (unpaired) electrons. The van der Waals surface area contributed by atoms with Crippen LogP contribution in [0.3, 0.4) is 0 Å². The molecule has 0 spiro atoms. The minimum Gasteiger partial charge on any atom is -0.344 e. The summed E-state index contributed by atoms with van der Waals surface area (Å²) in [5.74, 6) is 0. The molecule has 1 N–H and O–H groups in total. The van der Waals surface area contributed by atoms with Gasteiger partial charge in [-0.05, 0) is 6.42 Å². The second-order valence-corrected chi connectivity index (χ2v) is 5.01. The van der Waals surface area contributed by atoms with Crippen LogP contribution in [0.4, 0.5) is 0 Å². The predicted octanol–water partition coefficient (Wildman–Crippen LogP) is 1.16. The maximum absolute atomic E-state index is 10.9. The molecule has 4 heteroatoms. The standard InChI is InChI=1S/C6H15O2P.Mg.2H/c1-3-5-6-9(7,8)4-2;;;/h3-6H2,1-2H3,(H,7,8);;;. The van der Waals surface area contributed by atoms with Crippen molar-refractivity contribution in [3.63, 3.8) is 0 Å². The summed E-state index contributed by atoms with van der Waals surface area (Å²) in [6.45, 7) is 3.78. The molecule has 0 aliphatic rings. The van der Waals surface area contributed by atoms with Crippen LogP contribution in [0.5, 0.6) is 0 Å². The summed E-state index contributed by atoms with van der Waals surface area (Å²) in [4.78, 5) is 9.01. The molecule has 0 aliphatic carbocycles. The van der Waals surface area contributed by atoms with Gasteiger partial charge in [0.1, 0.15) is 0 Å². The SMILES string of the molecule is CCCCP(=O)(O)CC.[MgH2]. The minimum atomic E-state index is -2.69. The van der Waals surface area contributed by atoms with Crippen LogP contribution >= 0.6 is 7.37 Å². The first-order chi connectivity index (χ1) is 4.12. The summed E-state index contributed by atoms with van der Waals surface area (Å²) in [5, 5.41) is 0. The molecule has 2 nitrogen and oxygen atoms in total. The molecule has 10 heavy (non-hydrogen) atoms. The van der Waals surface area contributed by atoms with Gasteiger partial charge in [-0.2, -0.15) is 0 Å². The number of hydrogen-bond acceptors (Lipinski definition) is 1. The van der Waals surface area contributed by atoms with Crippen LogP contribution in [-0.2, 0) is 4.57 Å². The molecular weight excluding hydrogens is 159 g/mol. The molecule has 0 saturated carbocycles. The first-order valence-corrected chi connectivity index (χ1v) is 5.46. The molecule has 0 saturated heterocycles. The topological polar surface area (TPSA) is 37.3 Å². The van der Waals surface area contributed by atoms with Crippen LogP contribution in [0.15, 0.2) is 0 Å². The van der Waals surface area contributed by atoms with Gasteiger partial charge in [0, 0.05) is 12.3 Å². The van der Waals surface area contributed by atoms with Gasteiger partial charge in [0.15, 0.2) is 7.37 Å². The van der Waals surface area contributed by atoms with Gasteiger partial charge in [0.2, 0.25) is 0 Å². The van der Waals surface area contributed by atoms with Crippen LogP contribution in [0.1, 0.15) is 26.7 Å². The van der Waals surface area contributed by atoms with E-state index in [1.54, 1.807) is 6.92 Å². The van der Waals surface area contributed by atoms with Crippen molar-refractivity contribution in [1.29, 1.82) is 0 Å². The molecule has 1 atom stereocenters. The Bertz CT molecular complexity index is 116. The average molecular weight is 176 g/mol. The Kier molecular flexibility index (Phi) is 9.01. The number of hydrogen-bond donors (Lipinski definition) is 1. The second-order valence-electron chi connectivity index (χ2n) is 2.24. The van der Waals surface area contributed by atoms with Gasteiger partial charge < -0.3 is 4.89 Å². The smallest absolute Gasteiger partial charge is 0.316 e. The van der Waals surface area contributed by atoms with Gasteiger partial charge in [-0.1, -0.05) is 20.3 Å². The van der Waals surface area contributed by atoms with E-state index in [4.69, 9.17) is 4.89 Å². The highest BCUT2D eigenvalue weighted by molar-refractivity contribution is 7.57. The van der Waals surface area contributed by atoms with Crippen molar-refractivity contribution in [2.24, 2.45) is 0 Å². The average Bonchev–Trinajstić information content (AvgIpc) is 1.84. The first kappa shape index (κ1) is 13.5. The fourth-order valence-electron chi connectivity index (χ4n) is 0.563. The molecule has 60 valence electrons. The summed E-state index contributed by atoms with van der Waals surface area (Å²) in [7, 11) is -2.69. The van der Waals surface area contributed by atoms with Crippen molar-refractivity contribution in [2.45, 2.75) is 26.7 Å². The fourth-order valence-corrected chi connectivity index (χ4v) is 1.69. The monoisotopic (exact) mass is 176 g/mol. The first-order valence-electron chi connectivity index (χ1n) is 3.43. The minimum absolute atomic E-state index is 0. The Morgan fingerprint density at radius 1 is 1.40 bits per heavy atom. The third-order valence-electron chi connectivity index (χ3n) is 1.36. The van der Waals surface area contributed by atoms with E-state index in [1.807, 2.05) is 6.92 Å². The van der Waals surface area contributed by atoms with E-state index in [0.29, 0.717) is 12.3 Å². The van der Waals surface area contributed by atoms with Gasteiger partial charge >= 0.3 is 23.1 Å². The Morgan fingerprint density at radius 2 is 1.90 bits per heavy atom. The van der Waals surface area contributed by atoms with E-state index < -0.39 is 7.37 Å². The Hall–Kier alpha value is 0.956. The number of rotatable bonds is 4. The zero-order valence-electron chi connectivity index (χ0n) is 6.13. The normalized spacial score (nSPS) is 15.5. The van der Waals surface area contributed by atoms with Gasteiger partial charge in [0.25, 0.3) is 0 Å². The molecule has 0 amide bonds. The molecule has 0 rings (SSSR count). The van der Waals surface area contributed by atoms with Gasteiger partial charge in [-0.3, -0.25) is 4.57 Å². The third-order valence-corrected chi connectivity index (χ3v) is 3.36. The lowest BCUT2D eigenvalue weighted by atomic mass is 10.4. The Balaban J connectivity index is 0. The third kappa shape index (κ3) is 7.07. The molecule has 0 fully saturated rings. The molecule has 0 aromatic carbocycles. The Morgan fingerprint density at radius 3 is 2.20 bits per heavy atom. The maximum atomic E-state index is 10.9. The molecule has 1 unspecified atom stereocenters. The molecular formula is C6H17MgO2P. The van der Waals surface area contributed by atoms with Gasteiger partial charge in [-0.15, -0.1) is 0 Å². The highest BCUT2D eigenvalue weighted by Gasteiger charge is 2.12. The fraction of sp³-hybridized carbons (Fsp3) is 1.00. The van der Waals surface area contributed by atoms with Gasteiger partial charge in [0.05, 0.1) is 0 Å². The lowest BCUT2D eigenvalue weighted by Crippen LogP contribution is -1.90. The molecule has 0 bridgehead atoms. The maximum Gasteiger partial charge on any atom is 0.316 e. The van der Waals surface area contributed by atoms with E-state index in [9.17, 15) is 4.57 Å². The predicted molar refractivity (Wildman–Crippen MR) is 48.7 cm³/mol. The zero-order chi connectivity index (χ0) is 7.33. The van der Waals surface area contributed by atoms with E-state index in [1.165, 1.54) is 0 Å². The van der Waals surface area contributed by atoms with Crippen molar-refractivity contribution >= 4 is 30.4 Å². The highest BCUT2D eigenvalue weighted by Crippen LogP contribution is 2.40. The van der Waals surface area contributed by atoms with Crippen LogP contribution in [0.25, 0.3) is 0 Å². The lowest BCUT2D eigenvalue weighted by molar-refractivity contribution is 0.477. The van der Waals surface area contributed by atoms with Crippen molar-refractivity contribution in [3.05, 3.63) is 0 Å². The molecule has 0 aliphatic heterocycles. The summed E-state index contributed by atoms with van der Waals surface area (Å²) in [5.41, 5.74) is 0. The Labute approximate surface area is 79.0 Å². The van der Waals surface area contributed by atoms with Crippen LogP contribution in [-0.4, -0.2) is 40.3 Å². The van der Waals surface area contributed by atoms with E-state index in [2.05, 4.69) is 0 Å². The summed E-state index contributed by atoms with van der Waals surface area (Å²) < 4.78 is 10.9. The van der Waals surface area contributed by atoms with Crippen molar-refractivity contribution in [3.8, 4) is 0 Å². The summed E-state index contributed by atoms with van der Waals surface area (Å²) in [6, 6.07) is 0. The van der Waals surface area contributed by atoms with Crippen LogP contribution in [0, 0.1) is 0 Å². The van der Waals surface area contributed by atoms with Crippen molar-refractivity contribution in [2.75, 3.05) is 12.3 Å². The zero-order valence-corrected chi connectivity index (χ0v) is 7.03. The van der Waals surface area contributed by atoms with Crippen LogP contribution < -0.4 is 0 Å². The second kappa shape index (κ2) is 6.65. The summed E-state index contributed by atoms with van der Waals surface area (Å²) >= 11 is 0. The number of unbranched alkanes of at least 4 members (excludes halogenated alkanes) is 1. The van der Waals surface area contributed by atoms with E-state index >= 15 is 0 Å². The quantitative estimate of drug-likeness (QED) is 0.516. The van der Waals surface area contributed by atoms with E-state index in [-0.39, 0.29) is 23.1 Å². The van der Waals surface area contributed by atoms with Gasteiger partial charge in [-0.25, -0.2) is 0 Å². The van der Waals surface area contributed by atoms with E-state index in [0.717, 1.165) is 12.8 Å². The van der Waals surface area contributed by atoms with Crippen molar-refractivity contribution < 1.29 is 9.46 Å².